The predicted octanol–water partition coefficient (Wildman–Crippen LogP) is 5.65. The Bertz CT molecular complexity index is 2140. The minimum absolute atomic E-state index is 0.0677. The third kappa shape index (κ3) is 5.13. The second-order valence-electron chi connectivity index (χ2n) is 12.1. The number of pyridine rings is 1. The standard InChI is InChI=1S/C37H30BF2N3O4S/c1-38-25-12-11-23-19-46-30-16-28(39)33(40)27-20-48-31-10-6-5-9-26(31)34(32(27)30)43-21-41(17-24(23)15-25)37(45)35-36(29(44)13-14-42(35)43)47-18-22-7-3-2-4-8-22/h2-16,34,38H,17-21H2,1H3. The summed E-state index contributed by atoms with van der Waals surface area (Å²) in [6.07, 6.45) is 1.56. The molecule has 0 fully saturated rings. The number of benzene rings is 4. The summed E-state index contributed by atoms with van der Waals surface area (Å²) in [5.74, 6) is -1.95. The topological polar surface area (TPSA) is 64.0 Å². The number of hydrogen-bond donors (Lipinski definition) is 0. The van der Waals surface area contributed by atoms with E-state index in [1.165, 1.54) is 17.8 Å². The third-order valence-corrected chi connectivity index (χ3v) is 10.4. The summed E-state index contributed by atoms with van der Waals surface area (Å²) < 4.78 is 45.5. The molecule has 2 bridgehead atoms. The normalized spacial score (nSPS) is 16.3. The molecule has 4 aromatic carbocycles. The van der Waals surface area contributed by atoms with Crippen LogP contribution in [0.4, 0.5) is 8.78 Å². The molecule has 1 unspecified atom stereocenters. The number of hydrogen-bond acceptors (Lipinski definition) is 6. The van der Waals surface area contributed by atoms with Crippen LogP contribution in [0.15, 0.2) is 101 Å². The molecule has 48 heavy (non-hydrogen) atoms. The van der Waals surface area contributed by atoms with Crippen LogP contribution in [0.5, 0.6) is 11.5 Å². The van der Waals surface area contributed by atoms with E-state index in [1.807, 2.05) is 71.7 Å². The van der Waals surface area contributed by atoms with Gasteiger partial charge in [0.2, 0.25) is 5.43 Å². The lowest BCUT2D eigenvalue weighted by atomic mass is 9.72. The van der Waals surface area contributed by atoms with Gasteiger partial charge in [-0.15, -0.1) is 11.8 Å². The Morgan fingerprint density at radius 3 is 2.62 bits per heavy atom. The number of thioether (sulfide) groups is 1. The number of rotatable bonds is 4. The molecule has 1 aromatic heterocycles. The zero-order valence-corrected chi connectivity index (χ0v) is 26.9. The summed E-state index contributed by atoms with van der Waals surface area (Å²) in [4.78, 5) is 30.7. The van der Waals surface area contributed by atoms with Crippen molar-refractivity contribution >= 4 is 30.4 Å². The average molecular weight is 662 g/mol. The van der Waals surface area contributed by atoms with Gasteiger partial charge in [-0.05, 0) is 28.3 Å². The van der Waals surface area contributed by atoms with Crippen LogP contribution in [0.2, 0.25) is 6.82 Å². The van der Waals surface area contributed by atoms with Gasteiger partial charge in [0.25, 0.3) is 5.91 Å². The predicted molar refractivity (Wildman–Crippen MR) is 182 cm³/mol. The molecular formula is C37H30BF2N3O4S. The van der Waals surface area contributed by atoms with E-state index >= 15 is 8.78 Å². The Labute approximate surface area is 280 Å². The van der Waals surface area contributed by atoms with Gasteiger partial charge in [-0.1, -0.05) is 79.0 Å². The molecule has 0 radical (unpaired) electrons. The highest BCUT2D eigenvalue weighted by molar-refractivity contribution is 7.98. The minimum Gasteiger partial charge on any atom is -0.488 e. The van der Waals surface area contributed by atoms with E-state index in [2.05, 4.69) is 12.9 Å². The monoisotopic (exact) mass is 661 g/mol. The number of fused-ring (bicyclic) bond motifs is 8. The molecule has 3 aliphatic rings. The van der Waals surface area contributed by atoms with Gasteiger partial charge in [-0.2, -0.15) is 0 Å². The molecule has 11 heteroatoms. The quantitative estimate of drug-likeness (QED) is 0.232. The lowest BCUT2D eigenvalue weighted by molar-refractivity contribution is 0.0661. The van der Waals surface area contributed by atoms with E-state index in [4.69, 9.17) is 9.47 Å². The van der Waals surface area contributed by atoms with Crippen molar-refractivity contribution < 1.29 is 23.0 Å². The van der Waals surface area contributed by atoms with Gasteiger partial charge in [0.05, 0.1) is 0 Å². The van der Waals surface area contributed by atoms with Gasteiger partial charge < -0.3 is 14.4 Å². The molecule has 1 atom stereocenters. The molecule has 0 saturated carbocycles. The summed E-state index contributed by atoms with van der Waals surface area (Å²) in [6, 6.07) is 25.0. The lowest BCUT2D eigenvalue weighted by Crippen LogP contribution is -2.55. The Kier molecular flexibility index (Phi) is 7.71. The van der Waals surface area contributed by atoms with Crippen LogP contribution < -0.4 is 25.4 Å². The maximum Gasteiger partial charge on any atom is 0.278 e. The van der Waals surface area contributed by atoms with Gasteiger partial charge in [0.1, 0.15) is 31.7 Å². The number of nitrogens with zero attached hydrogens (tertiary/aromatic N) is 3. The van der Waals surface area contributed by atoms with Crippen molar-refractivity contribution in [2.45, 2.75) is 43.3 Å². The molecule has 1 amide bonds. The SMILES string of the molecule is CBc1ccc2c(c1)CN1CN(C3c4ccccc4SCc4c(F)c(F)cc(c43)OC2)n2ccc(=O)c(OCc3ccccc3)c2C1=O. The first-order valence-electron chi connectivity index (χ1n) is 15.9. The first-order valence-corrected chi connectivity index (χ1v) is 16.8. The van der Waals surface area contributed by atoms with Crippen LogP contribution in [0.25, 0.3) is 0 Å². The number of ether oxygens (including phenoxy) is 2. The van der Waals surface area contributed by atoms with Gasteiger partial charge in [-0.25, -0.2) is 8.78 Å². The third-order valence-electron chi connectivity index (χ3n) is 9.25. The van der Waals surface area contributed by atoms with E-state index in [0.717, 1.165) is 46.0 Å². The maximum atomic E-state index is 15.9. The summed E-state index contributed by atoms with van der Waals surface area (Å²) in [7, 11) is 0.789. The van der Waals surface area contributed by atoms with Crippen LogP contribution in [-0.2, 0) is 25.5 Å². The Hall–Kier alpha value is -5.03. The first-order chi connectivity index (χ1) is 23.4. The van der Waals surface area contributed by atoms with Crippen LogP contribution in [-0.4, -0.2) is 29.4 Å². The minimum atomic E-state index is -0.985. The lowest BCUT2D eigenvalue weighted by Gasteiger charge is -2.44. The molecular weight excluding hydrogens is 631 g/mol. The van der Waals surface area contributed by atoms with Gasteiger partial charge in [-0.3, -0.25) is 19.3 Å². The van der Waals surface area contributed by atoms with E-state index in [9.17, 15) is 9.59 Å². The molecule has 4 heterocycles. The second kappa shape index (κ2) is 12.2. The van der Waals surface area contributed by atoms with Crippen molar-refractivity contribution in [3.63, 3.8) is 0 Å². The van der Waals surface area contributed by atoms with Crippen LogP contribution >= 0.6 is 11.8 Å². The molecule has 0 spiro atoms. The molecule has 0 aliphatic carbocycles. The molecule has 8 rings (SSSR count). The fourth-order valence-electron chi connectivity index (χ4n) is 6.80. The Balaban J connectivity index is 1.40. The van der Waals surface area contributed by atoms with Gasteiger partial charge >= 0.3 is 0 Å². The van der Waals surface area contributed by atoms with Crippen molar-refractivity contribution in [1.82, 2.24) is 9.58 Å². The molecule has 0 saturated heterocycles. The Morgan fingerprint density at radius 2 is 1.79 bits per heavy atom. The fraction of sp³-hybridized carbons (Fsp3) is 0.189. The number of carbonyl (C=O) groups is 1. The first kappa shape index (κ1) is 30.3. The summed E-state index contributed by atoms with van der Waals surface area (Å²) in [5, 5.41) is 1.92. The molecule has 5 aromatic rings. The summed E-state index contributed by atoms with van der Waals surface area (Å²) in [5.41, 5.74) is 4.77. The number of amides is 1. The Morgan fingerprint density at radius 1 is 0.979 bits per heavy atom. The maximum absolute atomic E-state index is 15.9. The van der Waals surface area contributed by atoms with Crippen molar-refractivity contribution in [2.75, 3.05) is 11.7 Å². The van der Waals surface area contributed by atoms with Crippen LogP contribution in [0.1, 0.15) is 49.9 Å². The van der Waals surface area contributed by atoms with E-state index in [-0.39, 0.29) is 60.8 Å². The summed E-state index contributed by atoms with van der Waals surface area (Å²) >= 11 is 1.42. The van der Waals surface area contributed by atoms with E-state index in [0.29, 0.717) is 5.56 Å². The molecule has 3 aliphatic heterocycles. The molecule has 0 N–H and O–H groups in total. The van der Waals surface area contributed by atoms with Crippen molar-refractivity contribution in [3.05, 3.63) is 152 Å². The number of carbonyl (C=O) groups excluding carboxylic acids is 1. The molecule has 240 valence electrons. The van der Waals surface area contributed by atoms with Crippen LogP contribution in [0.3, 0.4) is 0 Å². The van der Waals surface area contributed by atoms with Crippen molar-refractivity contribution in [1.29, 1.82) is 0 Å². The molecule has 7 nitrogen and oxygen atoms in total. The highest BCUT2D eigenvalue weighted by atomic mass is 32.2. The smallest absolute Gasteiger partial charge is 0.278 e. The van der Waals surface area contributed by atoms with Gasteiger partial charge in [0, 0.05) is 46.6 Å². The van der Waals surface area contributed by atoms with E-state index in [1.54, 1.807) is 15.8 Å². The van der Waals surface area contributed by atoms with Crippen molar-refractivity contribution in [3.8, 4) is 11.5 Å². The highest BCUT2D eigenvalue weighted by Gasteiger charge is 2.42. The average Bonchev–Trinajstić information content (AvgIpc) is 3.29. The van der Waals surface area contributed by atoms with Crippen LogP contribution in [0, 0.1) is 11.6 Å². The fourth-order valence-corrected chi connectivity index (χ4v) is 7.90. The summed E-state index contributed by atoms with van der Waals surface area (Å²) in [6.45, 7) is 2.54. The zero-order chi connectivity index (χ0) is 32.9. The van der Waals surface area contributed by atoms with Gasteiger partial charge in [0.15, 0.2) is 30.4 Å². The number of halogens is 2. The van der Waals surface area contributed by atoms with E-state index < -0.39 is 23.1 Å². The second-order valence-corrected chi connectivity index (χ2v) is 13.1. The largest absolute Gasteiger partial charge is 0.488 e. The highest BCUT2D eigenvalue weighted by Crippen LogP contribution is 2.48. The number of aromatic nitrogens is 1. The van der Waals surface area contributed by atoms with Crippen molar-refractivity contribution in [2.24, 2.45) is 0 Å². The zero-order valence-electron chi connectivity index (χ0n) is 26.1.